The van der Waals surface area contributed by atoms with Crippen molar-refractivity contribution >= 4 is 17.2 Å². The molecule has 1 aromatic carbocycles. The van der Waals surface area contributed by atoms with E-state index in [1.807, 2.05) is 0 Å². The minimum Gasteiger partial charge on any atom is -0.370 e. The van der Waals surface area contributed by atoms with Gasteiger partial charge in [0.05, 0.1) is 5.56 Å². The van der Waals surface area contributed by atoms with E-state index < -0.39 is 17.6 Å². The van der Waals surface area contributed by atoms with Gasteiger partial charge in [0, 0.05) is 23.6 Å². The average molecular weight is 300 g/mol. The molecule has 0 radical (unpaired) electrons. The number of primary amides is 1. The molecule has 0 saturated heterocycles. The van der Waals surface area contributed by atoms with Gasteiger partial charge >= 0.3 is 6.18 Å². The number of hydrogen-bond donors (Lipinski definition) is 1. The van der Waals surface area contributed by atoms with Gasteiger partial charge in [-0.25, -0.2) is 4.98 Å². The Bertz CT molecular complexity index is 609. The van der Waals surface area contributed by atoms with Crippen LogP contribution in [0.1, 0.15) is 17.5 Å². The van der Waals surface area contributed by atoms with Crippen molar-refractivity contribution in [1.82, 2.24) is 4.98 Å². The van der Waals surface area contributed by atoms with Crippen molar-refractivity contribution in [2.75, 3.05) is 0 Å². The van der Waals surface area contributed by atoms with Crippen LogP contribution in [0.5, 0.6) is 0 Å². The van der Waals surface area contributed by atoms with E-state index in [4.69, 9.17) is 5.73 Å². The molecule has 106 valence electrons. The van der Waals surface area contributed by atoms with Crippen LogP contribution in [0.25, 0.3) is 10.6 Å². The Morgan fingerprint density at radius 2 is 2.10 bits per heavy atom. The number of benzene rings is 1. The lowest BCUT2D eigenvalue weighted by molar-refractivity contribution is -0.137. The van der Waals surface area contributed by atoms with Gasteiger partial charge in [-0.2, -0.15) is 13.2 Å². The van der Waals surface area contributed by atoms with E-state index in [2.05, 4.69) is 4.98 Å². The molecule has 2 aromatic rings. The first-order valence-corrected chi connectivity index (χ1v) is 6.65. The third-order valence-electron chi connectivity index (χ3n) is 2.74. The summed E-state index contributed by atoms with van der Waals surface area (Å²) in [4.78, 5) is 14.8. The minimum absolute atomic E-state index is 0.000312. The van der Waals surface area contributed by atoms with Gasteiger partial charge in [0.25, 0.3) is 0 Å². The molecular formula is C13H11F3N2OS. The molecule has 20 heavy (non-hydrogen) atoms. The van der Waals surface area contributed by atoms with Gasteiger partial charge in [-0.1, -0.05) is 12.1 Å². The van der Waals surface area contributed by atoms with Crippen molar-refractivity contribution in [2.24, 2.45) is 5.73 Å². The van der Waals surface area contributed by atoms with E-state index in [1.54, 1.807) is 11.4 Å². The molecule has 7 heteroatoms. The maximum absolute atomic E-state index is 13.1. The van der Waals surface area contributed by atoms with Crippen molar-refractivity contribution in [2.45, 2.75) is 19.0 Å². The third-order valence-corrected chi connectivity index (χ3v) is 3.53. The summed E-state index contributed by atoms with van der Waals surface area (Å²) < 4.78 is 39.3. The summed E-state index contributed by atoms with van der Waals surface area (Å²) in [5.74, 6) is -0.549. The number of carbonyl (C=O) groups is 1. The highest BCUT2D eigenvalue weighted by Crippen LogP contribution is 2.39. The predicted molar refractivity (Wildman–Crippen MR) is 70.1 cm³/mol. The SMILES string of the molecule is NC(=O)CCc1cccc(C(F)(F)F)c1-c1nccs1. The van der Waals surface area contributed by atoms with Crippen LogP contribution < -0.4 is 5.73 Å². The Hall–Kier alpha value is -1.89. The van der Waals surface area contributed by atoms with Gasteiger partial charge in [-0.3, -0.25) is 4.79 Å². The van der Waals surface area contributed by atoms with Crippen LogP contribution in [0.2, 0.25) is 0 Å². The third kappa shape index (κ3) is 3.16. The fraction of sp³-hybridized carbons (Fsp3) is 0.231. The first-order valence-electron chi connectivity index (χ1n) is 5.77. The van der Waals surface area contributed by atoms with E-state index in [-0.39, 0.29) is 23.4 Å². The second-order valence-electron chi connectivity index (χ2n) is 4.14. The first-order chi connectivity index (χ1) is 9.39. The predicted octanol–water partition coefficient (Wildman–Crippen LogP) is 3.25. The summed E-state index contributed by atoms with van der Waals surface area (Å²) in [6.45, 7) is 0. The molecule has 0 aliphatic carbocycles. The molecule has 0 spiro atoms. The zero-order valence-electron chi connectivity index (χ0n) is 10.3. The number of thiazole rings is 1. The van der Waals surface area contributed by atoms with Crippen LogP contribution in [0, 0.1) is 0 Å². The molecule has 0 aliphatic rings. The summed E-state index contributed by atoms with van der Waals surface area (Å²) in [5.41, 5.74) is 4.78. The Morgan fingerprint density at radius 1 is 1.35 bits per heavy atom. The number of rotatable bonds is 4. The number of amides is 1. The molecule has 2 N–H and O–H groups in total. The fourth-order valence-corrected chi connectivity index (χ4v) is 2.63. The Kier molecular flexibility index (Phi) is 4.08. The van der Waals surface area contributed by atoms with Crippen molar-refractivity contribution in [3.8, 4) is 10.6 Å². The maximum Gasteiger partial charge on any atom is 0.417 e. The van der Waals surface area contributed by atoms with Crippen molar-refractivity contribution in [1.29, 1.82) is 0 Å². The molecule has 0 bridgehead atoms. The van der Waals surface area contributed by atoms with Gasteiger partial charge in [0.1, 0.15) is 5.01 Å². The summed E-state index contributed by atoms with van der Waals surface area (Å²) >= 11 is 1.13. The first kappa shape index (κ1) is 14.5. The fourth-order valence-electron chi connectivity index (χ4n) is 1.90. The molecule has 1 aromatic heterocycles. The van der Waals surface area contributed by atoms with Crippen molar-refractivity contribution in [3.05, 3.63) is 40.9 Å². The summed E-state index contributed by atoms with van der Waals surface area (Å²) in [6, 6.07) is 3.91. The molecule has 1 amide bonds. The second-order valence-corrected chi connectivity index (χ2v) is 5.04. The van der Waals surface area contributed by atoms with E-state index >= 15 is 0 Å². The lowest BCUT2D eigenvalue weighted by Gasteiger charge is -2.15. The average Bonchev–Trinajstić information content (AvgIpc) is 2.88. The number of nitrogens with two attached hydrogens (primary N) is 1. The number of nitrogens with zero attached hydrogens (tertiary/aromatic N) is 1. The number of halogens is 3. The molecule has 0 unspecified atom stereocenters. The van der Waals surface area contributed by atoms with E-state index in [1.165, 1.54) is 12.3 Å². The lowest BCUT2D eigenvalue weighted by Crippen LogP contribution is -2.13. The Morgan fingerprint density at radius 3 is 2.65 bits per heavy atom. The van der Waals surface area contributed by atoms with Gasteiger partial charge in [-0.15, -0.1) is 11.3 Å². The largest absolute Gasteiger partial charge is 0.417 e. The summed E-state index contributed by atoms with van der Waals surface area (Å²) in [7, 11) is 0. The molecule has 1 heterocycles. The summed E-state index contributed by atoms with van der Waals surface area (Å²) in [5, 5.41) is 1.90. The molecule has 0 saturated carbocycles. The van der Waals surface area contributed by atoms with E-state index in [0.29, 0.717) is 5.56 Å². The summed E-state index contributed by atoms with van der Waals surface area (Å²) in [6.07, 6.45) is -2.86. The van der Waals surface area contributed by atoms with Gasteiger partial charge < -0.3 is 5.73 Å². The normalized spacial score (nSPS) is 11.6. The van der Waals surface area contributed by atoms with Crippen LogP contribution in [-0.2, 0) is 17.4 Å². The topological polar surface area (TPSA) is 56.0 Å². The second kappa shape index (κ2) is 5.62. The molecular weight excluding hydrogens is 289 g/mol. The van der Waals surface area contributed by atoms with Crippen LogP contribution in [0.3, 0.4) is 0 Å². The lowest BCUT2D eigenvalue weighted by atomic mass is 9.97. The standard InChI is InChI=1S/C13H11F3N2OS/c14-13(15,16)9-3-1-2-8(4-5-10(17)19)11(9)12-18-6-7-20-12/h1-3,6-7H,4-5H2,(H2,17,19). The number of aromatic nitrogens is 1. The van der Waals surface area contributed by atoms with Gasteiger partial charge in [0.2, 0.25) is 5.91 Å². The van der Waals surface area contributed by atoms with Crippen LogP contribution in [0.4, 0.5) is 13.2 Å². The van der Waals surface area contributed by atoms with E-state index in [9.17, 15) is 18.0 Å². The van der Waals surface area contributed by atoms with E-state index in [0.717, 1.165) is 17.4 Å². The number of alkyl halides is 3. The highest BCUT2D eigenvalue weighted by atomic mass is 32.1. The van der Waals surface area contributed by atoms with Crippen molar-refractivity contribution in [3.63, 3.8) is 0 Å². The Balaban J connectivity index is 2.54. The van der Waals surface area contributed by atoms with Gasteiger partial charge in [0.15, 0.2) is 0 Å². The maximum atomic E-state index is 13.1. The highest BCUT2D eigenvalue weighted by Gasteiger charge is 2.35. The smallest absolute Gasteiger partial charge is 0.370 e. The van der Waals surface area contributed by atoms with Crippen LogP contribution >= 0.6 is 11.3 Å². The van der Waals surface area contributed by atoms with Crippen LogP contribution in [0.15, 0.2) is 29.8 Å². The van der Waals surface area contributed by atoms with Gasteiger partial charge in [-0.05, 0) is 18.1 Å². The minimum atomic E-state index is -4.47. The zero-order chi connectivity index (χ0) is 14.8. The molecule has 0 fully saturated rings. The Labute approximate surface area is 117 Å². The highest BCUT2D eigenvalue weighted by molar-refractivity contribution is 7.13. The monoisotopic (exact) mass is 300 g/mol. The number of aryl methyl sites for hydroxylation is 1. The molecule has 0 atom stereocenters. The molecule has 0 aliphatic heterocycles. The number of hydrogen-bond acceptors (Lipinski definition) is 3. The van der Waals surface area contributed by atoms with Crippen molar-refractivity contribution < 1.29 is 18.0 Å². The zero-order valence-corrected chi connectivity index (χ0v) is 11.1. The molecule has 2 rings (SSSR count). The molecule has 3 nitrogen and oxygen atoms in total. The number of carbonyl (C=O) groups excluding carboxylic acids is 1. The quantitative estimate of drug-likeness (QED) is 0.942. The van der Waals surface area contributed by atoms with Crippen LogP contribution in [-0.4, -0.2) is 10.9 Å².